The summed E-state index contributed by atoms with van der Waals surface area (Å²) < 4.78 is 14.3. The fourth-order valence-corrected chi connectivity index (χ4v) is 3.05. The minimum Gasteiger partial charge on any atom is -0.465 e. The minimum atomic E-state index is -0.892. The molecule has 2 amide bonds. The standard InChI is InChI=1S/C22H19N7O4/c23-22-20(27-25-18(31)15-29-11-5-2-6-12-29)19(21(33-22)16-8-7-13-32-16)26-24-17(30)14-28-9-3-1-4-10-28/h1-13,21H,14-15H2,(H-2,23,24,25,26,27,30,31)/p+2/t21-/m1/s1. The number of hydrogen-bond acceptors (Lipinski definition) is 7. The first-order valence-corrected chi connectivity index (χ1v) is 10.0. The summed E-state index contributed by atoms with van der Waals surface area (Å²) in [6.45, 7) is 0.0732. The molecule has 3 aromatic rings. The molecular weight excluding hydrogens is 426 g/mol. The largest absolute Gasteiger partial charge is 0.465 e. The summed E-state index contributed by atoms with van der Waals surface area (Å²) in [7, 11) is 0. The number of carbonyl (C=O) groups excluding carboxylic acids is 2. The lowest BCUT2D eigenvalue weighted by molar-refractivity contribution is -0.684. The Morgan fingerprint density at radius 3 is 2.00 bits per heavy atom. The molecule has 0 unspecified atom stereocenters. The van der Waals surface area contributed by atoms with Gasteiger partial charge in [-0.2, -0.15) is 19.3 Å². The van der Waals surface area contributed by atoms with Crippen molar-refractivity contribution < 1.29 is 27.9 Å². The van der Waals surface area contributed by atoms with Crippen LogP contribution in [-0.2, 0) is 27.4 Å². The molecule has 4 rings (SSSR count). The number of nitrogens with one attached hydrogen (secondary N) is 3. The molecule has 3 N–H and O–H groups in total. The van der Waals surface area contributed by atoms with Crippen LogP contribution in [0.2, 0.25) is 0 Å². The fourth-order valence-electron chi connectivity index (χ4n) is 3.05. The molecular formula is C22H21N7O4+2. The van der Waals surface area contributed by atoms with E-state index >= 15 is 0 Å². The van der Waals surface area contributed by atoms with Gasteiger partial charge in [-0.15, -0.1) is 0 Å². The van der Waals surface area contributed by atoms with Crippen LogP contribution in [0.4, 0.5) is 0 Å². The zero-order valence-corrected chi connectivity index (χ0v) is 17.4. The van der Waals surface area contributed by atoms with E-state index in [0.717, 1.165) is 0 Å². The molecule has 0 saturated carbocycles. The number of ether oxygens (including phenoxy) is 1. The molecule has 33 heavy (non-hydrogen) atoms. The van der Waals surface area contributed by atoms with E-state index in [4.69, 9.17) is 14.6 Å². The van der Waals surface area contributed by atoms with Crippen molar-refractivity contribution in [3.63, 3.8) is 0 Å². The number of hydrazone groups is 2. The third kappa shape index (κ3) is 5.53. The van der Waals surface area contributed by atoms with Gasteiger partial charge in [-0.25, -0.2) is 10.9 Å². The molecule has 1 aliphatic rings. The van der Waals surface area contributed by atoms with Gasteiger partial charge in [0.1, 0.15) is 5.71 Å². The summed E-state index contributed by atoms with van der Waals surface area (Å²) in [5, 5.41) is 16.3. The Labute approximate surface area is 188 Å². The van der Waals surface area contributed by atoms with Gasteiger partial charge >= 0.3 is 11.8 Å². The smallest absolute Gasteiger partial charge is 0.305 e. The molecule has 1 aliphatic heterocycles. The second-order valence-electron chi connectivity index (χ2n) is 6.97. The van der Waals surface area contributed by atoms with E-state index in [2.05, 4.69) is 21.1 Å². The SMILES string of the molecule is N=C1O[C@H](c2ccco2)C(=N/NC(=O)C[n+]2ccccc2)/C1=N\NC(=O)C[n+]1ccccc1. The van der Waals surface area contributed by atoms with Crippen LogP contribution in [0.3, 0.4) is 0 Å². The first-order valence-electron chi connectivity index (χ1n) is 10.0. The number of furan rings is 1. The van der Waals surface area contributed by atoms with Gasteiger partial charge in [0.2, 0.25) is 25.1 Å². The lowest BCUT2D eigenvalue weighted by Crippen LogP contribution is -2.42. The van der Waals surface area contributed by atoms with Crippen molar-refractivity contribution in [3.05, 3.63) is 85.3 Å². The van der Waals surface area contributed by atoms with Gasteiger partial charge in [-0.3, -0.25) is 15.0 Å². The van der Waals surface area contributed by atoms with E-state index in [1.54, 1.807) is 70.3 Å². The molecule has 1 saturated heterocycles. The Balaban J connectivity index is 1.51. The molecule has 1 fully saturated rings. The highest BCUT2D eigenvalue weighted by atomic mass is 16.5. The molecule has 166 valence electrons. The topological polar surface area (TPSA) is 137 Å². The lowest BCUT2D eigenvalue weighted by atomic mass is 10.1. The summed E-state index contributed by atoms with van der Waals surface area (Å²) in [5.41, 5.74) is 4.98. The number of nitrogens with zero attached hydrogens (tertiary/aromatic N) is 4. The first-order chi connectivity index (χ1) is 16.1. The lowest BCUT2D eigenvalue weighted by Gasteiger charge is -2.06. The third-order valence-electron chi connectivity index (χ3n) is 4.54. The molecule has 1 atom stereocenters. The Bertz CT molecular complexity index is 1190. The molecule has 0 aromatic carbocycles. The number of carbonyl (C=O) groups is 2. The third-order valence-corrected chi connectivity index (χ3v) is 4.54. The van der Waals surface area contributed by atoms with E-state index in [1.165, 1.54) is 6.26 Å². The number of aromatic nitrogens is 2. The van der Waals surface area contributed by atoms with Crippen LogP contribution in [0.25, 0.3) is 0 Å². The van der Waals surface area contributed by atoms with E-state index in [1.807, 2.05) is 12.1 Å². The summed E-state index contributed by atoms with van der Waals surface area (Å²) in [5.74, 6) is -0.730. The molecule has 11 nitrogen and oxygen atoms in total. The summed E-state index contributed by atoms with van der Waals surface area (Å²) in [6.07, 6.45) is 7.55. The highest BCUT2D eigenvalue weighted by Gasteiger charge is 2.39. The van der Waals surface area contributed by atoms with Crippen molar-refractivity contribution in [1.29, 1.82) is 5.41 Å². The highest BCUT2D eigenvalue weighted by molar-refractivity contribution is 6.69. The second-order valence-corrected chi connectivity index (χ2v) is 6.97. The Morgan fingerprint density at radius 2 is 1.45 bits per heavy atom. The van der Waals surface area contributed by atoms with Crippen LogP contribution in [0, 0.1) is 5.41 Å². The molecule has 11 heteroatoms. The number of amides is 2. The quantitative estimate of drug-likeness (QED) is 0.353. The van der Waals surface area contributed by atoms with Crippen molar-refractivity contribution in [2.24, 2.45) is 10.2 Å². The zero-order chi connectivity index (χ0) is 23.0. The van der Waals surface area contributed by atoms with Crippen LogP contribution in [0.15, 0.2) is 94.2 Å². The number of rotatable bonds is 7. The summed E-state index contributed by atoms with van der Waals surface area (Å²) in [6, 6.07) is 14.2. The second kappa shape index (κ2) is 10.1. The normalized spacial score (nSPS) is 17.7. The average molecular weight is 447 g/mol. The molecule has 0 bridgehead atoms. The van der Waals surface area contributed by atoms with E-state index in [9.17, 15) is 9.59 Å². The number of pyridine rings is 2. The summed E-state index contributed by atoms with van der Waals surface area (Å²) >= 11 is 0. The van der Waals surface area contributed by atoms with E-state index < -0.39 is 12.0 Å². The fraction of sp³-hybridized carbons (Fsp3) is 0.136. The van der Waals surface area contributed by atoms with Crippen LogP contribution >= 0.6 is 0 Å². The van der Waals surface area contributed by atoms with Crippen LogP contribution < -0.4 is 20.0 Å². The Kier molecular flexibility index (Phi) is 6.59. The zero-order valence-electron chi connectivity index (χ0n) is 17.4. The Hall–Kier alpha value is -4.67. The van der Waals surface area contributed by atoms with Crippen molar-refractivity contribution in [2.75, 3.05) is 0 Å². The monoisotopic (exact) mass is 447 g/mol. The van der Waals surface area contributed by atoms with Crippen LogP contribution in [-0.4, -0.2) is 29.1 Å². The minimum absolute atomic E-state index is 0.0181. The maximum absolute atomic E-state index is 12.4. The van der Waals surface area contributed by atoms with Crippen LogP contribution in [0.1, 0.15) is 11.9 Å². The van der Waals surface area contributed by atoms with Gasteiger partial charge in [0, 0.05) is 24.3 Å². The van der Waals surface area contributed by atoms with Gasteiger partial charge in [0.15, 0.2) is 36.3 Å². The van der Waals surface area contributed by atoms with Crippen molar-refractivity contribution in [3.8, 4) is 0 Å². The summed E-state index contributed by atoms with van der Waals surface area (Å²) in [4.78, 5) is 24.6. The Morgan fingerprint density at radius 1 is 0.879 bits per heavy atom. The van der Waals surface area contributed by atoms with Gasteiger partial charge in [0.05, 0.1) is 6.26 Å². The molecule has 0 radical (unpaired) electrons. The van der Waals surface area contributed by atoms with Gasteiger partial charge in [0.25, 0.3) is 0 Å². The van der Waals surface area contributed by atoms with Crippen molar-refractivity contribution >= 4 is 29.1 Å². The maximum atomic E-state index is 12.4. The molecule has 0 spiro atoms. The predicted octanol–water partition coefficient (Wildman–Crippen LogP) is 0.248. The predicted molar refractivity (Wildman–Crippen MR) is 115 cm³/mol. The average Bonchev–Trinajstić information content (AvgIpc) is 3.45. The van der Waals surface area contributed by atoms with Gasteiger partial charge < -0.3 is 9.15 Å². The van der Waals surface area contributed by atoms with E-state index in [-0.39, 0.29) is 36.3 Å². The van der Waals surface area contributed by atoms with Crippen molar-refractivity contribution in [1.82, 2.24) is 10.9 Å². The first kappa shape index (κ1) is 21.6. The van der Waals surface area contributed by atoms with E-state index in [0.29, 0.717) is 5.76 Å². The van der Waals surface area contributed by atoms with Gasteiger partial charge in [-0.05, 0) is 12.1 Å². The molecule has 3 aromatic heterocycles. The molecule has 4 heterocycles. The number of hydrogen-bond donors (Lipinski definition) is 3. The van der Waals surface area contributed by atoms with Gasteiger partial charge in [-0.1, -0.05) is 12.1 Å². The molecule has 0 aliphatic carbocycles. The van der Waals surface area contributed by atoms with Crippen LogP contribution in [0.5, 0.6) is 0 Å². The highest BCUT2D eigenvalue weighted by Crippen LogP contribution is 2.26. The van der Waals surface area contributed by atoms with Crippen molar-refractivity contribution in [2.45, 2.75) is 19.2 Å². The maximum Gasteiger partial charge on any atom is 0.305 e.